The molecule has 0 aliphatic carbocycles. The Morgan fingerprint density at radius 2 is 2.38 bits per heavy atom. The number of hydrogen-bond acceptors (Lipinski definition) is 6. The first kappa shape index (κ1) is 15.1. The first-order chi connectivity index (χ1) is 11.8. The van der Waals surface area contributed by atoms with E-state index >= 15 is 0 Å². The molecular weight excluding hydrogens is 306 g/mol. The lowest BCUT2D eigenvalue weighted by Gasteiger charge is -2.33. The van der Waals surface area contributed by atoms with Crippen molar-refractivity contribution in [3.05, 3.63) is 35.3 Å². The molecule has 0 aromatic carbocycles. The zero-order valence-electron chi connectivity index (χ0n) is 13.5. The number of fused-ring (bicyclic) bond motifs is 1. The van der Waals surface area contributed by atoms with E-state index in [9.17, 15) is 4.79 Å². The van der Waals surface area contributed by atoms with Crippen LogP contribution in [0.15, 0.2) is 18.3 Å². The van der Waals surface area contributed by atoms with E-state index in [2.05, 4.69) is 35.9 Å². The van der Waals surface area contributed by atoms with E-state index in [1.54, 1.807) is 6.20 Å². The van der Waals surface area contributed by atoms with Crippen LogP contribution in [0.3, 0.4) is 0 Å². The summed E-state index contributed by atoms with van der Waals surface area (Å²) >= 11 is 0. The van der Waals surface area contributed by atoms with Gasteiger partial charge in [-0.3, -0.25) is 9.89 Å². The normalized spacial score (nSPS) is 20.5. The molecule has 1 atom stereocenters. The molecule has 0 bridgehead atoms. The summed E-state index contributed by atoms with van der Waals surface area (Å²) < 4.78 is 0. The third-order valence-electron chi connectivity index (χ3n) is 4.66. The minimum absolute atomic E-state index is 0.0946. The van der Waals surface area contributed by atoms with Crippen molar-refractivity contribution in [3.8, 4) is 0 Å². The molecule has 126 valence electrons. The van der Waals surface area contributed by atoms with Crippen molar-refractivity contribution in [2.45, 2.75) is 31.8 Å². The molecule has 4 rings (SSSR count). The molecule has 1 amide bonds. The van der Waals surface area contributed by atoms with Crippen LogP contribution in [0.4, 0.5) is 5.82 Å². The number of aromatic nitrogens is 4. The molecule has 2 aromatic heterocycles. The minimum Gasteiger partial charge on any atom is -0.353 e. The Balaban J connectivity index is 1.43. The Morgan fingerprint density at radius 1 is 1.42 bits per heavy atom. The Morgan fingerprint density at radius 3 is 3.25 bits per heavy atom. The number of piperidine rings is 1. The maximum Gasteiger partial charge on any atom is 0.272 e. The highest BCUT2D eigenvalue weighted by molar-refractivity contribution is 5.94. The van der Waals surface area contributed by atoms with E-state index in [4.69, 9.17) is 0 Å². The summed E-state index contributed by atoms with van der Waals surface area (Å²) in [4.78, 5) is 14.8. The van der Waals surface area contributed by atoms with Crippen LogP contribution < -0.4 is 15.5 Å². The zero-order valence-corrected chi connectivity index (χ0v) is 13.5. The molecule has 2 aliphatic heterocycles. The van der Waals surface area contributed by atoms with Gasteiger partial charge < -0.3 is 15.5 Å². The minimum atomic E-state index is -0.0952. The number of nitrogens with zero attached hydrogens (tertiary/aromatic N) is 4. The zero-order chi connectivity index (χ0) is 16.4. The predicted octanol–water partition coefficient (Wildman–Crippen LogP) is 0.244. The van der Waals surface area contributed by atoms with Crippen LogP contribution in [0.25, 0.3) is 0 Å². The van der Waals surface area contributed by atoms with Gasteiger partial charge in [0.05, 0.1) is 0 Å². The Kier molecular flexibility index (Phi) is 4.12. The van der Waals surface area contributed by atoms with Crippen LogP contribution in [-0.4, -0.2) is 52.0 Å². The van der Waals surface area contributed by atoms with Crippen molar-refractivity contribution in [1.82, 2.24) is 31.0 Å². The molecule has 1 fully saturated rings. The number of amides is 1. The van der Waals surface area contributed by atoms with Gasteiger partial charge in [0.15, 0.2) is 11.5 Å². The molecular formula is C16H21N7O. The summed E-state index contributed by atoms with van der Waals surface area (Å²) in [6.45, 7) is 3.30. The number of hydrogen-bond donors (Lipinski definition) is 3. The van der Waals surface area contributed by atoms with Crippen molar-refractivity contribution in [3.63, 3.8) is 0 Å². The highest BCUT2D eigenvalue weighted by Gasteiger charge is 2.26. The Hall–Kier alpha value is -2.48. The molecule has 8 heteroatoms. The first-order valence-electron chi connectivity index (χ1n) is 8.41. The summed E-state index contributed by atoms with van der Waals surface area (Å²) in [6.07, 6.45) is 4.54. The predicted molar refractivity (Wildman–Crippen MR) is 88.7 cm³/mol. The quantitative estimate of drug-likeness (QED) is 0.747. The fourth-order valence-corrected chi connectivity index (χ4v) is 3.43. The molecule has 8 nitrogen and oxygen atoms in total. The average Bonchev–Trinajstić information content (AvgIpc) is 3.07. The van der Waals surface area contributed by atoms with Crippen molar-refractivity contribution in [2.24, 2.45) is 0 Å². The van der Waals surface area contributed by atoms with E-state index < -0.39 is 0 Å². The SMILES string of the molecule is O=C(NC1CCCN(c2cccnn2)C1)c1n[nH]c2c1CNCC2. The van der Waals surface area contributed by atoms with Crippen LogP contribution in [0.5, 0.6) is 0 Å². The van der Waals surface area contributed by atoms with Gasteiger partial charge in [-0.25, -0.2) is 0 Å². The highest BCUT2D eigenvalue weighted by atomic mass is 16.2. The van der Waals surface area contributed by atoms with Gasteiger partial charge in [-0.15, -0.1) is 5.10 Å². The Bertz CT molecular complexity index is 714. The molecule has 1 unspecified atom stereocenters. The molecule has 24 heavy (non-hydrogen) atoms. The number of carbonyl (C=O) groups is 1. The maximum atomic E-state index is 12.6. The standard InChI is InChI=1S/C16H21N7O/c24-16(15-12-9-17-7-5-13(12)20-22-15)19-11-3-2-8-23(10-11)14-4-1-6-18-21-14/h1,4,6,11,17H,2-3,5,7-10H2,(H,19,24)(H,20,22). The molecule has 3 N–H and O–H groups in total. The van der Waals surface area contributed by atoms with E-state index in [0.717, 1.165) is 56.0 Å². The van der Waals surface area contributed by atoms with Crippen LogP contribution in [-0.2, 0) is 13.0 Å². The summed E-state index contributed by atoms with van der Waals surface area (Å²) in [5.74, 6) is 0.764. The monoisotopic (exact) mass is 327 g/mol. The lowest BCUT2D eigenvalue weighted by Crippen LogP contribution is -2.48. The van der Waals surface area contributed by atoms with Gasteiger partial charge in [0, 0.05) is 56.1 Å². The smallest absolute Gasteiger partial charge is 0.272 e. The van der Waals surface area contributed by atoms with Crippen molar-refractivity contribution >= 4 is 11.7 Å². The third kappa shape index (κ3) is 2.96. The highest BCUT2D eigenvalue weighted by Crippen LogP contribution is 2.18. The summed E-state index contributed by atoms with van der Waals surface area (Å²) in [6, 6.07) is 3.93. The second-order valence-corrected chi connectivity index (χ2v) is 6.30. The second kappa shape index (κ2) is 6.56. The molecule has 0 radical (unpaired) electrons. The fraction of sp³-hybridized carbons (Fsp3) is 0.500. The average molecular weight is 327 g/mol. The van der Waals surface area contributed by atoms with E-state index in [1.807, 2.05) is 12.1 Å². The second-order valence-electron chi connectivity index (χ2n) is 6.30. The van der Waals surface area contributed by atoms with Gasteiger partial charge in [0.2, 0.25) is 0 Å². The topological polar surface area (TPSA) is 98.8 Å². The molecule has 2 aliphatic rings. The van der Waals surface area contributed by atoms with Crippen LogP contribution in [0.1, 0.15) is 34.6 Å². The lowest BCUT2D eigenvalue weighted by molar-refractivity contribution is 0.0927. The van der Waals surface area contributed by atoms with E-state index in [0.29, 0.717) is 12.2 Å². The number of rotatable bonds is 3. The number of nitrogens with one attached hydrogen (secondary N) is 3. The van der Waals surface area contributed by atoms with Crippen LogP contribution in [0, 0.1) is 0 Å². The van der Waals surface area contributed by atoms with Crippen molar-refractivity contribution < 1.29 is 4.79 Å². The van der Waals surface area contributed by atoms with Gasteiger partial charge in [-0.1, -0.05) is 0 Å². The molecule has 4 heterocycles. The fourth-order valence-electron chi connectivity index (χ4n) is 3.43. The molecule has 0 saturated carbocycles. The van der Waals surface area contributed by atoms with Gasteiger partial charge >= 0.3 is 0 Å². The summed E-state index contributed by atoms with van der Waals surface area (Å²) in [7, 11) is 0. The van der Waals surface area contributed by atoms with Gasteiger partial charge in [0.25, 0.3) is 5.91 Å². The number of anilines is 1. The number of H-pyrrole nitrogens is 1. The molecule has 2 aromatic rings. The number of aromatic amines is 1. The van der Waals surface area contributed by atoms with Gasteiger partial charge in [-0.2, -0.15) is 10.2 Å². The van der Waals surface area contributed by atoms with Crippen LogP contribution in [0.2, 0.25) is 0 Å². The number of carbonyl (C=O) groups excluding carboxylic acids is 1. The third-order valence-corrected chi connectivity index (χ3v) is 4.66. The van der Waals surface area contributed by atoms with Crippen molar-refractivity contribution in [2.75, 3.05) is 24.5 Å². The van der Waals surface area contributed by atoms with Crippen LogP contribution >= 0.6 is 0 Å². The summed E-state index contributed by atoms with van der Waals surface area (Å²) in [5.41, 5.74) is 2.60. The lowest BCUT2D eigenvalue weighted by atomic mass is 10.0. The van der Waals surface area contributed by atoms with Gasteiger partial charge in [-0.05, 0) is 25.0 Å². The van der Waals surface area contributed by atoms with E-state index in [1.165, 1.54) is 0 Å². The van der Waals surface area contributed by atoms with Gasteiger partial charge in [0.1, 0.15) is 0 Å². The summed E-state index contributed by atoms with van der Waals surface area (Å²) in [5, 5.41) is 21.7. The van der Waals surface area contributed by atoms with Crippen molar-refractivity contribution in [1.29, 1.82) is 0 Å². The molecule has 1 saturated heterocycles. The first-order valence-corrected chi connectivity index (χ1v) is 8.41. The Labute approximate surface area is 140 Å². The van der Waals surface area contributed by atoms with E-state index in [-0.39, 0.29) is 11.9 Å². The largest absolute Gasteiger partial charge is 0.353 e. The maximum absolute atomic E-state index is 12.6. The molecule has 0 spiro atoms.